The molecule has 1 aromatic heterocycles. The monoisotopic (exact) mass is 285 g/mol. The SMILES string of the molecule is CN(C(=O)Cc1[nH]nc2ccccc12)C1CCCCCC1. The maximum Gasteiger partial charge on any atom is 0.228 e. The molecule has 0 bridgehead atoms. The van der Waals surface area contributed by atoms with Crippen molar-refractivity contribution in [1.29, 1.82) is 0 Å². The van der Waals surface area contributed by atoms with Crippen molar-refractivity contribution in [3.63, 3.8) is 0 Å². The molecule has 1 aliphatic rings. The van der Waals surface area contributed by atoms with Gasteiger partial charge >= 0.3 is 0 Å². The quantitative estimate of drug-likeness (QED) is 0.880. The van der Waals surface area contributed by atoms with Crippen LogP contribution in [0.3, 0.4) is 0 Å². The Balaban J connectivity index is 1.70. The second-order valence-corrected chi connectivity index (χ2v) is 6.05. The predicted molar refractivity (Wildman–Crippen MR) is 84.1 cm³/mol. The molecule has 4 heteroatoms. The van der Waals surface area contributed by atoms with Gasteiger partial charge in [0.1, 0.15) is 0 Å². The first-order valence-electron chi connectivity index (χ1n) is 7.93. The molecular formula is C17H23N3O. The normalized spacial score (nSPS) is 16.8. The largest absolute Gasteiger partial charge is 0.342 e. The van der Waals surface area contributed by atoms with Crippen LogP contribution in [0.5, 0.6) is 0 Å². The summed E-state index contributed by atoms with van der Waals surface area (Å²) >= 11 is 0. The van der Waals surface area contributed by atoms with Gasteiger partial charge in [-0.25, -0.2) is 0 Å². The van der Waals surface area contributed by atoms with Crippen molar-refractivity contribution in [3.05, 3.63) is 30.0 Å². The number of fused-ring (bicyclic) bond motifs is 1. The lowest BCUT2D eigenvalue weighted by Crippen LogP contribution is -2.37. The van der Waals surface area contributed by atoms with Crippen molar-refractivity contribution in [3.8, 4) is 0 Å². The van der Waals surface area contributed by atoms with E-state index >= 15 is 0 Å². The zero-order valence-electron chi connectivity index (χ0n) is 12.6. The average molecular weight is 285 g/mol. The van der Waals surface area contributed by atoms with Crippen LogP contribution in [0.25, 0.3) is 10.9 Å². The highest BCUT2D eigenvalue weighted by atomic mass is 16.2. The van der Waals surface area contributed by atoms with Crippen LogP contribution in [0.15, 0.2) is 24.3 Å². The summed E-state index contributed by atoms with van der Waals surface area (Å²) < 4.78 is 0. The number of H-pyrrole nitrogens is 1. The molecule has 0 atom stereocenters. The van der Waals surface area contributed by atoms with Crippen molar-refractivity contribution in [2.45, 2.75) is 51.0 Å². The lowest BCUT2D eigenvalue weighted by molar-refractivity contribution is -0.131. The number of aromatic amines is 1. The second kappa shape index (κ2) is 6.29. The number of rotatable bonds is 3. The van der Waals surface area contributed by atoms with Gasteiger partial charge in [-0.3, -0.25) is 9.89 Å². The molecule has 0 saturated heterocycles. The van der Waals surface area contributed by atoms with Crippen LogP contribution in [-0.4, -0.2) is 34.1 Å². The van der Waals surface area contributed by atoms with Crippen LogP contribution in [0.1, 0.15) is 44.2 Å². The molecule has 1 saturated carbocycles. The Morgan fingerprint density at radius 2 is 1.95 bits per heavy atom. The van der Waals surface area contributed by atoms with Crippen LogP contribution in [0.4, 0.5) is 0 Å². The third-order valence-corrected chi connectivity index (χ3v) is 4.63. The van der Waals surface area contributed by atoms with E-state index in [4.69, 9.17) is 0 Å². The number of likely N-dealkylation sites (N-methyl/N-ethyl adjacent to an activating group) is 1. The molecule has 0 spiro atoms. The maximum absolute atomic E-state index is 12.5. The van der Waals surface area contributed by atoms with Gasteiger partial charge in [-0.1, -0.05) is 43.9 Å². The van der Waals surface area contributed by atoms with Gasteiger partial charge in [0.05, 0.1) is 17.6 Å². The molecular weight excluding hydrogens is 262 g/mol. The van der Waals surface area contributed by atoms with Gasteiger partial charge in [0.2, 0.25) is 5.91 Å². The fourth-order valence-corrected chi connectivity index (χ4v) is 3.27. The topological polar surface area (TPSA) is 49.0 Å². The Morgan fingerprint density at radius 3 is 2.71 bits per heavy atom. The fourth-order valence-electron chi connectivity index (χ4n) is 3.27. The molecule has 2 aromatic rings. The minimum absolute atomic E-state index is 0.191. The smallest absolute Gasteiger partial charge is 0.228 e. The van der Waals surface area contributed by atoms with Crippen LogP contribution >= 0.6 is 0 Å². The van der Waals surface area contributed by atoms with E-state index in [-0.39, 0.29) is 5.91 Å². The van der Waals surface area contributed by atoms with E-state index in [1.807, 2.05) is 36.2 Å². The van der Waals surface area contributed by atoms with Crippen LogP contribution in [0, 0.1) is 0 Å². The second-order valence-electron chi connectivity index (χ2n) is 6.05. The lowest BCUT2D eigenvalue weighted by Gasteiger charge is -2.27. The van der Waals surface area contributed by atoms with E-state index in [2.05, 4.69) is 10.2 Å². The minimum Gasteiger partial charge on any atom is -0.342 e. The first kappa shape index (κ1) is 14.1. The zero-order valence-corrected chi connectivity index (χ0v) is 12.6. The number of carbonyl (C=O) groups excluding carboxylic acids is 1. The van der Waals surface area contributed by atoms with E-state index in [9.17, 15) is 4.79 Å². The van der Waals surface area contributed by atoms with Crippen molar-refractivity contribution in [2.24, 2.45) is 0 Å². The molecule has 0 unspecified atom stereocenters. The molecule has 0 radical (unpaired) electrons. The van der Waals surface area contributed by atoms with Crippen molar-refractivity contribution >= 4 is 16.8 Å². The van der Waals surface area contributed by atoms with Gasteiger partial charge in [-0.15, -0.1) is 0 Å². The number of nitrogens with one attached hydrogen (secondary N) is 1. The van der Waals surface area contributed by atoms with Crippen LogP contribution < -0.4 is 0 Å². The number of nitrogens with zero attached hydrogens (tertiary/aromatic N) is 2. The van der Waals surface area contributed by atoms with E-state index in [1.54, 1.807) is 0 Å². The van der Waals surface area contributed by atoms with Crippen LogP contribution in [-0.2, 0) is 11.2 Å². The molecule has 1 aromatic carbocycles. The third-order valence-electron chi connectivity index (χ3n) is 4.63. The molecule has 1 heterocycles. The number of hydrogen-bond donors (Lipinski definition) is 1. The summed E-state index contributed by atoms with van der Waals surface area (Å²) in [5.74, 6) is 0.191. The summed E-state index contributed by atoms with van der Waals surface area (Å²) in [7, 11) is 1.96. The fraction of sp³-hybridized carbons (Fsp3) is 0.529. The summed E-state index contributed by atoms with van der Waals surface area (Å²) in [6.45, 7) is 0. The molecule has 112 valence electrons. The number of carbonyl (C=O) groups is 1. The maximum atomic E-state index is 12.5. The van der Waals surface area contributed by atoms with Gasteiger partial charge in [-0.2, -0.15) is 5.10 Å². The molecule has 1 amide bonds. The average Bonchev–Trinajstić information content (AvgIpc) is 2.74. The first-order chi connectivity index (χ1) is 10.3. The summed E-state index contributed by atoms with van der Waals surface area (Å²) in [4.78, 5) is 14.5. The number of aromatic nitrogens is 2. The van der Waals surface area contributed by atoms with Crippen molar-refractivity contribution in [1.82, 2.24) is 15.1 Å². The molecule has 3 rings (SSSR count). The molecule has 4 nitrogen and oxygen atoms in total. The molecule has 1 fully saturated rings. The third kappa shape index (κ3) is 3.09. The minimum atomic E-state index is 0.191. The molecule has 1 N–H and O–H groups in total. The van der Waals surface area contributed by atoms with Gasteiger partial charge < -0.3 is 4.90 Å². The number of benzene rings is 1. The van der Waals surface area contributed by atoms with E-state index in [0.717, 1.165) is 29.4 Å². The molecule has 0 aliphatic heterocycles. The number of para-hydroxylation sites is 1. The Labute approximate surface area is 125 Å². The Hall–Kier alpha value is -1.84. The summed E-state index contributed by atoms with van der Waals surface area (Å²) in [5, 5.41) is 8.34. The Bertz CT molecular complexity index is 611. The van der Waals surface area contributed by atoms with E-state index in [1.165, 1.54) is 25.7 Å². The van der Waals surface area contributed by atoms with E-state index in [0.29, 0.717) is 12.5 Å². The lowest BCUT2D eigenvalue weighted by atomic mass is 10.1. The van der Waals surface area contributed by atoms with Gasteiger partial charge in [0.15, 0.2) is 0 Å². The highest BCUT2D eigenvalue weighted by Gasteiger charge is 2.22. The highest BCUT2D eigenvalue weighted by Crippen LogP contribution is 2.22. The van der Waals surface area contributed by atoms with Gasteiger partial charge in [0, 0.05) is 18.5 Å². The summed E-state index contributed by atoms with van der Waals surface area (Å²) in [6, 6.07) is 8.35. The van der Waals surface area contributed by atoms with E-state index < -0.39 is 0 Å². The Kier molecular flexibility index (Phi) is 4.23. The summed E-state index contributed by atoms with van der Waals surface area (Å²) in [6.07, 6.45) is 7.81. The predicted octanol–water partition coefficient (Wildman–Crippen LogP) is 3.29. The highest BCUT2D eigenvalue weighted by molar-refractivity contribution is 5.87. The Morgan fingerprint density at radius 1 is 1.24 bits per heavy atom. The van der Waals surface area contributed by atoms with Crippen molar-refractivity contribution < 1.29 is 4.79 Å². The standard InChI is InChI=1S/C17H23N3O/c1-20(13-8-4-2-3-5-9-13)17(21)12-16-14-10-6-7-11-15(14)18-19-16/h6-7,10-11,13H,2-5,8-9,12H2,1H3,(H,18,19). The first-order valence-corrected chi connectivity index (χ1v) is 7.93. The van der Waals surface area contributed by atoms with Gasteiger partial charge in [0.25, 0.3) is 0 Å². The van der Waals surface area contributed by atoms with Crippen molar-refractivity contribution in [2.75, 3.05) is 7.05 Å². The zero-order chi connectivity index (χ0) is 14.7. The molecule has 1 aliphatic carbocycles. The number of amides is 1. The summed E-state index contributed by atoms with van der Waals surface area (Å²) in [5.41, 5.74) is 1.86. The number of hydrogen-bond acceptors (Lipinski definition) is 2. The molecule has 21 heavy (non-hydrogen) atoms. The van der Waals surface area contributed by atoms with Gasteiger partial charge in [-0.05, 0) is 18.9 Å². The van der Waals surface area contributed by atoms with Crippen LogP contribution in [0.2, 0.25) is 0 Å².